The third kappa shape index (κ3) is 3.60. The van der Waals surface area contributed by atoms with Crippen LogP contribution in [0.15, 0.2) is 0 Å². The molecule has 0 saturated heterocycles. The zero-order valence-corrected chi connectivity index (χ0v) is 22.3. The Morgan fingerprint density at radius 1 is 0.969 bits per heavy atom. The van der Waals surface area contributed by atoms with Gasteiger partial charge in [0.1, 0.15) is 0 Å². The molecule has 2 nitrogen and oxygen atoms in total. The van der Waals surface area contributed by atoms with Gasteiger partial charge in [-0.25, -0.2) is 0 Å². The summed E-state index contributed by atoms with van der Waals surface area (Å²) >= 11 is 0. The van der Waals surface area contributed by atoms with Crippen molar-refractivity contribution in [2.24, 2.45) is 57.7 Å². The second-order valence-electron chi connectivity index (χ2n) is 13.5. The van der Waals surface area contributed by atoms with Crippen LogP contribution in [0.2, 0.25) is 0 Å². The van der Waals surface area contributed by atoms with Crippen LogP contribution in [0.25, 0.3) is 0 Å². The number of carbonyl (C=O) groups is 1. The standard InChI is InChI=1S/C30H52O2/c1-8-10-22(27(31)32-7)19-20(2)24-12-13-25-23-14-18-29(5)21(3)11-9-16-30(29,6)26(23)15-17-28(24,25)4/h20-26H,8-19H2,1-7H3/t20-,21-,22+,23+,24?,25+,26+,28-,29+,30-/m1/s1. The Labute approximate surface area is 199 Å². The first-order valence-corrected chi connectivity index (χ1v) is 14.2. The van der Waals surface area contributed by atoms with Gasteiger partial charge in [0.2, 0.25) is 0 Å². The van der Waals surface area contributed by atoms with Gasteiger partial charge in [0.15, 0.2) is 0 Å². The van der Waals surface area contributed by atoms with E-state index in [-0.39, 0.29) is 11.9 Å². The van der Waals surface area contributed by atoms with Gasteiger partial charge >= 0.3 is 5.97 Å². The summed E-state index contributed by atoms with van der Waals surface area (Å²) in [5.41, 5.74) is 1.59. The number of hydrogen-bond acceptors (Lipinski definition) is 2. The number of fused-ring (bicyclic) bond motifs is 5. The van der Waals surface area contributed by atoms with Crippen LogP contribution in [-0.2, 0) is 9.53 Å². The summed E-state index contributed by atoms with van der Waals surface area (Å²) in [6, 6.07) is 0. The molecule has 1 unspecified atom stereocenters. The average molecular weight is 445 g/mol. The molecule has 4 saturated carbocycles. The van der Waals surface area contributed by atoms with Crippen LogP contribution in [-0.4, -0.2) is 13.1 Å². The second kappa shape index (κ2) is 8.92. The normalized spacial score (nSPS) is 47.7. The fraction of sp³-hybridized carbons (Fsp3) is 0.967. The van der Waals surface area contributed by atoms with E-state index in [0.717, 1.165) is 48.9 Å². The third-order valence-electron chi connectivity index (χ3n) is 12.6. The maximum atomic E-state index is 12.4. The largest absolute Gasteiger partial charge is 0.469 e. The van der Waals surface area contributed by atoms with Crippen molar-refractivity contribution in [2.45, 2.75) is 119 Å². The number of hydrogen-bond donors (Lipinski definition) is 0. The molecule has 4 rings (SSSR count). The maximum Gasteiger partial charge on any atom is 0.308 e. The minimum absolute atomic E-state index is 0.0213. The predicted octanol–water partition coefficient (Wildman–Crippen LogP) is 8.29. The molecule has 0 N–H and O–H groups in total. The monoisotopic (exact) mass is 444 g/mol. The summed E-state index contributed by atoms with van der Waals surface area (Å²) < 4.78 is 5.17. The molecule has 10 atom stereocenters. The molecule has 0 heterocycles. The van der Waals surface area contributed by atoms with E-state index >= 15 is 0 Å². The Balaban J connectivity index is 1.52. The first kappa shape index (κ1) is 24.6. The molecule has 0 aromatic rings. The van der Waals surface area contributed by atoms with E-state index in [0.29, 0.717) is 22.2 Å². The molecule has 0 aromatic carbocycles. The first-order valence-electron chi connectivity index (χ1n) is 14.2. The summed E-state index contributed by atoms with van der Waals surface area (Å²) in [6.07, 6.45) is 16.1. The zero-order chi connectivity index (χ0) is 23.3. The average Bonchev–Trinajstić information content (AvgIpc) is 3.12. The first-order chi connectivity index (χ1) is 15.1. The van der Waals surface area contributed by atoms with Crippen LogP contribution in [0.1, 0.15) is 119 Å². The van der Waals surface area contributed by atoms with Crippen molar-refractivity contribution in [3.63, 3.8) is 0 Å². The van der Waals surface area contributed by atoms with Gasteiger partial charge < -0.3 is 4.74 Å². The third-order valence-corrected chi connectivity index (χ3v) is 12.6. The second-order valence-corrected chi connectivity index (χ2v) is 13.5. The molecule has 32 heavy (non-hydrogen) atoms. The van der Waals surface area contributed by atoms with E-state index in [9.17, 15) is 4.79 Å². The molecule has 0 bridgehead atoms. The maximum absolute atomic E-state index is 12.4. The quantitative estimate of drug-likeness (QED) is 0.385. The number of esters is 1. The van der Waals surface area contributed by atoms with E-state index in [1.54, 1.807) is 7.11 Å². The van der Waals surface area contributed by atoms with Crippen molar-refractivity contribution in [3.05, 3.63) is 0 Å². The SMILES string of the molecule is CCC[C@@H](C[C@@H](C)C1CC[C@H]2[C@@H]3CC[C@@]4(C)[C@H](C)CCC[C@]4(C)[C@H]3CC[C@]12C)C(=O)OC. The number of methoxy groups -OCH3 is 1. The molecule has 0 aromatic heterocycles. The van der Waals surface area contributed by atoms with Gasteiger partial charge in [-0.2, -0.15) is 0 Å². The molecule has 0 radical (unpaired) electrons. The van der Waals surface area contributed by atoms with Crippen LogP contribution in [0, 0.1) is 57.7 Å². The molecule has 0 amide bonds. The Bertz CT molecular complexity index is 686. The van der Waals surface area contributed by atoms with Crippen LogP contribution in [0.3, 0.4) is 0 Å². The van der Waals surface area contributed by atoms with Gasteiger partial charge in [-0.05, 0) is 110 Å². The zero-order valence-electron chi connectivity index (χ0n) is 22.3. The highest BCUT2D eigenvalue weighted by molar-refractivity contribution is 5.72. The highest BCUT2D eigenvalue weighted by Gasteiger charge is 2.64. The lowest BCUT2D eigenvalue weighted by Crippen LogP contribution is -2.59. The van der Waals surface area contributed by atoms with E-state index in [1.807, 2.05) is 0 Å². The van der Waals surface area contributed by atoms with Crippen molar-refractivity contribution in [1.29, 1.82) is 0 Å². The minimum atomic E-state index is 0.0213. The van der Waals surface area contributed by atoms with Gasteiger partial charge in [0.25, 0.3) is 0 Å². The van der Waals surface area contributed by atoms with E-state index in [1.165, 1.54) is 57.8 Å². The summed E-state index contributed by atoms with van der Waals surface area (Å²) in [5, 5.41) is 0. The summed E-state index contributed by atoms with van der Waals surface area (Å²) in [4.78, 5) is 12.4. The minimum Gasteiger partial charge on any atom is -0.469 e. The van der Waals surface area contributed by atoms with Gasteiger partial charge in [-0.1, -0.05) is 60.8 Å². The highest BCUT2D eigenvalue weighted by atomic mass is 16.5. The molecule has 4 aliphatic rings. The molecule has 184 valence electrons. The molecule has 4 fully saturated rings. The lowest BCUT2D eigenvalue weighted by Gasteiger charge is -2.66. The van der Waals surface area contributed by atoms with E-state index < -0.39 is 0 Å². The van der Waals surface area contributed by atoms with Gasteiger partial charge in [-0.15, -0.1) is 0 Å². The Morgan fingerprint density at radius 2 is 1.72 bits per heavy atom. The van der Waals surface area contributed by atoms with Crippen molar-refractivity contribution < 1.29 is 9.53 Å². The fourth-order valence-electron chi connectivity index (χ4n) is 10.5. The molecular weight excluding hydrogens is 392 g/mol. The molecule has 2 heteroatoms. The summed E-state index contributed by atoms with van der Waals surface area (Å²) in [5.74, 6) is 5.21. The molecule has 0 aliphatic heterocycles. The molecule has 4 aliphatic carbocycles. The molecule has 0 spiro atoms. The van der Waals surface area contributed by atoms with Crippen molar-refractivity contribution in [3.8, 4) is 0 Å². The highest BCUT2D eigenvalue weighted by Crippen LogP contribution is 2.72. The number of ether oxygens (including phenoxy) is 1. The van der Waals surface area contributed by atoms with Crippen LogP contribution >= 0.6 is 0 Å². The Morgan fingerprint density at radius 3 is 2.41 bits per heavy atom. The van der Waals surface area contributed by atoms with Crippen LogP contribution in [0.4, 0.5) is 0 Å². The van der Waals surface area contributed by atoms with Crippen molar-refractivity contribution in [1.82, 2.24) is 0 Å². The van der Waals surface area contributed by atoms with Gasteiger partial charge in [-0.3, -0.25) is 4.79 Å². The van der Waals surface area contributed by atoms with E-state index in [2.05, 4.69) is 41.5 Å². The van der Waals surface area contributed by atoms with Crippen molar-refractivity contribution in [2.75, 3.05) is 7.11 Å². The van der Waals surface area contributed by atoms with Crippen LogP contribution < -0.4 is 0 Å². The summed E-state index contributed by atoms with van der Waals surface area (Å²) in [6.45, 7) is 15.3. The number of rotatable bonds is 6. The molecular formula is C30H52O2. The Kier molecular flexibility index (Phi) is 6.85. The smallest absolute Gasteiger partial charge is 0.308 e. The Hall–Kier alpha value is -0.530. The van der Waals surface area contributed by atoms with Crippen molar-refractivity contribution >= 4 is 5.97 Å². The fourth-order valence-corrected chi connectivity index (χ4v) is 10.5. The van der Waals surface area contributed by atoms with E-state index in [4.69, 9.17) is 4.74 Å². The topological polar surface area (TPSA) is 26.3 Å². The predicted molar refractivity (Wildman–Crippen MR) is 133 cm³/mol. The number of carbonyl (C=O) groups excluding carboxylic acids is 1. The lowest BCUT2D eigenvalue weighted by atomic mass is 9.38. The van der Waals surface area contributed by atoms with Crippen LogP contribution in [0.5, 0.6) is 0 Å². The summed E-state index contributed by atoms with van der Waals surface area (Å²) in [7, 11) is 1.56. The van der Waals surface area contributed by atoms with Gasteiger partial charge in [0, 0.05) is 0 Å². The lowest BCUT2D eigenvalue weighted by molar-refractivity contribution is -0.173. The van der Waals surface area contributed by atoms with Gasteiger partial charge in [0.05, 0.1) is 13.0 Å².